The number of amides is 4. The maximum atomic E-state index is 13.1. The van der Waals surface area contributed by atoms with Gasteiger partial charge in [0.05, 0.1) is 33.0 Å². The number of rotatable bonds is 29. The summed E-state index contributed by atoms with van der Waals surface area (Å²) in [5.41, 5.74) is 9.95. The Kier molecular flexibility index (Phi) is 41.1. The number of alkyl halides is 4. The predicted molar refractivity (Wildman–Crippen MR) is 497 cm³/mol. The molecule has 5 aromatic carbocycles. The first kappa shape index (κ1) is 103. The average molecular weight is 1860 g/mol. The number of nitrogen functional groups attached to an aromatic ring is 1. The molecule has 0 atom stereocenters. The fraction of sp³-hybridized carbons (Fsp3) is 0.306. The highest BCUT2D eigenvalue weighted by Gasteiger charge is 2.34. The van der Waals surface area contributed by atoms with E-state index in [9.17, 15) is 32.3 Å². The van der Waals surface area contributed by atoms with Gasteiger partial charge in [0.2, 0.25) is 23.5 Å². The van der Waals surface area contributed by atoms with E-state index in [1.165, 1.54) is 60.1 Å². The molecular weight excluding hydrogens is 1760 g/mol. The van der Waals surface area contributed by atoms with Crippen molar-refractivity contribution in [1.29, 1.82) is 0 Å². The Hall–Kier alpha value is -12.4. The summed E-state index contributed by atoms with van der Waals surface area (Å²) in [5, 5.41) is 28.1. The first-order valence-corrected chi connectivity index (χ1v) is 41.0. The van der Waals surface area contributed by atoms with Gasteiger partial charge in [-0.1, -0.05) is 81.5 Å². The highest BCUT2D eigenvalue weighted by atomic mass is 79.9. The molecule has 7 heterocycles. The number of nitrogens with one attached hydrogen (secondary N) is 7. The minimum Gasteiger partial charge on any atom is -0.444 e. The van der Waals surface area contributed by atoms with E-state index in [0.29, 0.717) is 80.3 Å². The van der Waals surface area contributed by atoms with E-state index in [1.54, 1.807) is 135 Å². The Balaban J connectivity index is 0.000000298. The van der Waals surface area contributed by atoms with Crippen LogP contribution in [0.4, 0.5) is 71.4 Å². The van der Waals surface area contributed by atoms with E-state index in [1.807, 2.05) is 91.3 Å². The van der Waals surface area contributed by atoms with Crippen LogP contribution >= 0.6 is 61.5 Å². The normalized spacial score (nSPS) is 10.8. The molecule has 0 fully saturated rings. The van der Waals surface area contributed by atoms with Gasteiger partial charge in [0.15, 0.2) is 21.2 Å². The van der Waals surface area contributed by atoms with Gasteiger partial charge in [0.25, 0.3) is 0 Å². The topological polar surface area (TPSA) is 385 Å². The summed E-state index contributed by atoms with van der Waals surface area (Å²) in [4.78, 5) is 101. The number of likely N-dealkylation sites (N-methyl/N-ethyl adjacent to an activating group) is 3. The molecule has 0 saturated carbocycles. The average Bonchev–Trinajstić information content (AvgIpc) is 1.35. The third-order valence-corrected chi connectivity index (χ3v) is 18.3. The molecule has 7 aromatic heterocycles. The quantitative estimate of drug-likeness (QED) is 0.0123. The number of nitrogens with zero attached hydrogens (tertiary/aromatic N) is 14. The van der Waals surface area contributed by atoms with Gasteiger partial charge in [-0.2, -0.15) is 13.2 Å². The first-order valence-electron chi connectivity index (χ1n) is 36.8. The number of benzene rings is 5. The third kappa shape index (κ3) is 36.5. The van der Waals surface area contributed by atoms with E-state index >= 15 is 0 Å². The first-order chi connectivity index (χ1) is 57.6. The van der Waals surface area contributed by atoms with E-state index in [4.69, 9.17) is 45.8 Å². The number of hydrogen-bond acceptors (Lipinski definition) is 31. The number of thiazole rings is 3. The molecule has 0 saturated heterocycles. The van der Waals surface area contributed by atoms with Crippen LogP contribution in [0.25, 0.3) is 34.2 Å². The number of ketones is 1. The summed E-state index contributed by atoms with van der Waals surface area (Å²) >= 11 is 13.3. The molecule has 0 unspecified atom stereocenters. The van der Waals surface area contributed by atoms with E-state index < -0.39 is 46.2 Å². The lowest BCUT2D eigenvalue weighted by atomic mass is 10.2. The van der Waals surface area contributed by atoms with Crippen molar-refractivity contribution in [3.8, 4) is 80.7 Å². The van der Waals surface area contributed by atoms with Crippen LogP contribution in [0.5, 0.6) is 46.5 Å². The van der Waals surface area contributed by atoms with Gasteiger partial charge < -0.3 is 75.4 Å². The number of carbonyl (C=O) groups excluding carboxylic acids is 4. The SMILES string of the molecule is C.C.C.C.CC(C)(C)OC(=O)Nc1cccc(Oc2cc(C(=O)CBr)ncn2)c1.CN(C)CCNc1nc(-c2cc(Oc3cccc(N)c3)ncn2)cs1.CN(C)CCNc1nc(-c2cc(Oc3cccc(NC(=O)Nc4ccc(Cl)c(C(F)(F)F)c4)c3)ncn2)cs1.CN(C)CCNc1nc(-c2cc(Oc3cccc(NC(=O)OC(C)(C)C)c3)ncn2)cs1. The molecule has 0 aliphatic carbocycles. The Bertz CT molecular complexity index is 5410. The van der Waals surface area contributed by atoms with Gasteiger partial charge in [0, 0.05) is 132 Å². The molecule has 0 aliphatic heterocycles. The molecule has 32 nitrogen and oxygen atoms in total. The predicted octanol–water partition coefficient (Wildman–Crippen LogP) is 21.1. The number of Topliss-reactive ketones (excluding diaryl/α,β-unsaturated/α-hetero) is 1. The van der Waals surface area contributed by atoms with Crippen molar-refractivity contribution in [3.05, 3.63) is 197 Å². The zero-order valence-corrected chi connectivity index (χ0v) is 72.6. The molecule has 12 rings (SSSR count). The second-order valence-electron chi connectivity index (χ2n) is 28.4. The van der Waals surface area contributed by atoms with Crippen LogP contribution in [-0.2, 0) is 15.7 Å². The smallest absolute Gasteiger partial charge is 0.417 e. The van der Waals surface area contributed by atoms with Crippen LogP contribution in [0.3, 0.4) is 0 Å². The van der Waals surface area contributed by atoms with E-state index in [0.717, 1.165) is 78.2 Å². The second-order valence-corrected chi connectivity index (χ2v) is 32.0. The van der Waals surface area contributed by atoms with Gasteiger partial charge in [-0.25, -0.2) is 69.2 Å². The van der Waals surface area contributed by atoms with Gasteiger partial charge in [-0.3, -0.25) is 15.4 Å². The number of hydrogen-bond donors (Lipinski definition) is 8. The van der Waals surface area contributed by atoms with Crippen molar-refractivity contribution in [1.82, 2.24) is 69.5 Å². The Morgan fingerprint density at radius 1 is 0.432 bits per heavy atom. The van der Waals surface area contributed by atoms with E-state index in [2.05, 4.69) is 123 Å². The number of aromatic nitrogens is 11. The summed E-state index contributed by atoms with van der Waals surface area (Å²) in [7, 11) is 12.1. The van der Waals surface area contributed by atoms with Gasteiger partial charge in [0.1, 0.15) is 82.3 Å². The summed E-state index contributed by atoms with van der Waals surface area (Å²) < 4.78 is 72.8. The van der Waals surface area contributed by atoms with Crippen molar-refractivity contribution in [2.24, 2.45) is 0 Å². The molecule has 0 aliphatic rings. The lowest BCUT2D eigenvalue weighted by Crippen LogP contribution is -2.27. The Morgan fingerprint density at radius 2 is 0.768 bits per heavy atom. The van der Waals surface area contributed by atoms with Crippen molar-refractivity contribution in [2.45, 2.75) is 88.6 Å². The molecule has 9 N–H and O–H groups in total. The van der Waals surface area contributed by atoms with Crippen LogP contribution in [0.15, 0.2) is 181 Å². The fourth-order valence-corrected chi connectivity index (χ4v) is 12.4. The molecule has 4 amide bonds. The minimum absolute atomic E-state index is 0. The molecule has 12 aromatic rings. The van der Waals surface area contributed by atoms with Crippen LogP contribution in [-0.4, -0.2) is 192 Å². The number of carbonyl (C=O) groups is 4. The van der Waals surface area contributed by atoms with E-state index in [-0.39, 0.29) is 64.0 Å². The maximum absolute atomic E-state index is 13.1. The highest BCUT2D eigenvalue weighted by Crippen LogP contribution is 2.38. The molecule has 0 spiro atoms. The van der Waals surface area contributed by atoms with Crippen molar-refractivity contribution in [2.75, 3.05) is 130 Å². The van der Waals surface area contributed by atoms with Crippen LogP contribution < -0.4 is 61.9 Å². The van der Waals surface area contributed by atoms with Gasteiger partial charge in [-0.15, -0.1) is 34.0 Å². The standard InChI is InChI=1S/C25H23ClF3N7O2S.C22H28N6O3S.C17H18BrN3O4.C17H20N6OS.4CH4/c1-36(2)9-8-30-24-35-21(13-39-24)20-12-22(32-14-31-20)38-17-5-3-4-15(10-17)33-23(37)34-16-6-7-19(26)18(11-16)25(27,28)29;1-22(2,3)31-21(29)26-15-7-6-8-16(11-15)30-19-12-17(24-14-25-19)18-13-32-20(27-18)23-9-10-28(4)5;1-17(2,3)25-16(23)21-11-5-4-6-12(7-11)24-15-8-13(14(22)9-18)19-10-20-15;1-23(2)7-6-19-17-22-15(10-25-17)14-9-16(21-11-20-14)24-13-5-3-4-12(18)8-13;;;;/h3-7,10-14H,8-9H2,1-2H3,(H,30,35)(H2,33,34,37);6-8,11-14H,9-10H2,1-5H3,(H,23,27)(H,26,29);4-8,10H,9H2,1-3H3,(H,21,23);3-5,8-11H,6-7,18H2,1-2H3,(H,19,22);4*1H4. The number of urea groups is 1. The van der Waals surface area contributed by atoms with Crippen LogP contribution in [0.1, 0.15) is 87.3 Å². The zero-order chi connectivity index (χ0) is 87.2. The van der Waals surface area contributed by atoms with Crippen molar-refractivity contribution < 1.29 is 60.8 Å². The molecule has 125 heavy (non-hydrogen) atoms. The van der Waals surface area contributed by atoms with Crippen molar-refractivity contribution >= 4 is 129 Å². The summed E-state index contributed by atoms with van der Waals surface area (Å²) in [5.74, 6) is 3.11. The lowest BCUT2D eigenvalue weighted by molar-refractivity contribution is -0.137. The van der Waals surface area contributed by atoms with Crippen LogP contribution in [0, 0.1) is 0 Å². The third-order valence-electron chi connectivity index (χ3n) is 15.1. The van der Waals surface area contributed by atoms with Crippen LogP contribution in [0.2, 0.25) is 5.02 Å². The minimum atomic E-state index is -4.65. The second kappa shape index (κ2) is 49.8. The summed E-state index contributed by atoms with van der Waals surface area (Å²) in [6.07, 6.45) is -0.216. The fourth-order valence-electron chi connectivity index (χ4n) is 9.73. The van der Waals surface area contributed by atoms with Gasteiger partial charge >= 0.3 is 24.4 Å². The Labute approximate surface area is 751 Å². The molecule has 0 radical (unpaired) electrons. The number of ether oxygens (including phenoxy) is 6. The summed E-state index contributed by atoms with van der Waals surface area (Å²) in [6.45, 7) is 15.9. The number of nitrogens with two attached hydrogens (primary N) is 1. The molecule has 0 bridgehead atoms. The molecule has 668 valence electrons. The van der Waals surface area contributed by atoms with Gasteiger partial charge in [-0.05, 0) is 151 Å². The lowest BCUT2D eigenvalue weighted by Gasteiger charge is -2.19. The number of anilines is 8. The maximum Gasteiger partial charge on any atom is 0.417 e. The zero-order valence-electron chi connectivity index (χ0n) is 67.8. The largest absolute Gasteiger partial charge is 0.444 e. The summed E-state index contributed by atoms with van der Waals surface area (Å²) in [6, 6.07) is 36.4. The van der Waals surface area contributed by atoms with Crippen molar-refractivity contribution in [3.63, 3.8) is 0 Å². The monoisotopic (exact) mass is 1860 g/mol. The highest BCUT2D eigenvalue weighted by molar-refractivity contribution is 9.09. The Morgan fingerprint density at radius 3 is 1.11 bits per heavy atom. The molecule has 40 heteroatoms. The number of halogens is 5. The molecular formula is C85H105BrClF3N22O10S3.